The third kappa shape index (κ3) is 5.38. The Morgan fingerprint density at radius 1 is 1.29 bits per heavy atom. The normalized spacial score (nSPS) is 16.0. The molecule has 0 aromatic heterocycles. The molecule has 134 valence electrons. The summed E-state index contributed by atoms with van der Waals surface area (Å²) in [6, 6.07) is 5.29. The van der Waals surface area contributed by atoms with Gasteiger partial charge < -0.3 is 5.32 Å². The standard InChI is InChI=1S/C17H25ClN2O3S/c1-13-12-14(18)8-9-16(13)20(24(2,22)23)11-10-17(21)19-15-6-4-3-5-7-15/h8-9,12,15H,3-7,10-11H2,1-2H3,(H,19,21). The second-order valence-corrected chi connectivity index (χ2v) is 8.76. The van der Waals surface area contributed by atoms with Gasteiger partial charge in [0.05, 0.1) is 11.9 Å². The van der Waals surface area contributed by atoms with E-state index in [0.29, 0.717) is 10.7 Å². The van der Waals surface area contributed by atoms with E-state index in [-0.39, 0.29) is 24.9 Å². The molecule has 0 unspecified atom stereocenters. The van der Waals surface area contributed by atoms with Crippen molar-refractivity contribution in [1.82, 2.24) is 5.32 Å². The molecule has 1 N–H and O–H groups in total. The molecule has 0 atom stereocenters. The summed E-state index contributed by atoms with van der Waals surface area (Å²) >= 11 is 5.94. The van der Waals surface area contributed by atoms with Gasteiger partial charge in [-0.2, -0.15) is 0 Å². The summed E-state index contributed by atoms with van der Waals surface area (Å²) in [4.78, 5) is 12.2. The molecule has 0 bridgehead atoms. The number of halogens is 1. The van der Waals surface area contributed by atoms with Gasteiger partial charge in [-0.3, -0.25) is 9.10 Å². The van der Waals surface area contributed by atoms with Crippen LogP contribution in [0.5, 0.6) is 0 Å². The van der Waals surface area contributed by atoms with Crippen molar-refractivity contribution in [3.05, 3.63) is 28.8 Å². The molecule has 0 radical (unpaired) electrons. The molecule has 1 amide bonds. The van der Waals surface area contributed by atoms with E-state index in [9.17, 15) is 13.2 Å². The van der Waals surface area contributed by atoms with Crippen molar-refractivity contribution < 1.29 is 13.2 Å². The number of amides is 1. The second-order valence-electron chi connectivity index (χ2n) is 6.42. The molecule has 1 fully saturated rings. The number of nitrogens with one attached hydrogen (secondary N) is 1. The first-order valence-electron chi connectivity index (χ1n) is 8.30. The maximum atomic E-state index is 12.2. The first kappa shape index (κ1) is 19.1. The monoisotopic (exact) mass is 372 g/mol. The fourth-order valence-corrected chi connectivity index (χ4v) is 4.33. The van der Waals surface area contributed by atoms with E-state index in [4.69, 9.17) is 11.6 Å². The number of aryl methyl sites for hydroxylation is 1. The Hall–Kier alpha value is -1.27. The minimum atomic E-state index is -3.47. The van der Waals surface area contributed by atoms with Gasteiger partial charge in [0.15, 0.2) is 0 Å². The van der Waals surface area contributed by atoms with Crippen LogP contribution < -0.4 is 9.62 Å². The number of carbonyl (C=O) groups is 1. The zero-order valence-corrected chi connectivity index (χ0v) is 15.8. The van der Waals surface area contributed by atoms with Crippen LogP contribution in [0.2, 0.25) is 5.02 Å². The van der Waals surface area contributed by atoms with E-state index in [1.165, 1.54) is 10.7 Å². The first-order valence-corrected chi connectivity index (χ1v) is 10.5. The highest BCUT2D eigenvalue weighted by Crippen LogP contribution is 2.26. The summed E-state index contributed by atoms with van der Waals surface area (Å²) in [5, 5.41) is 3.57. The molecule has 1 aromatic carbocycles. The molecule has 5 nitrogen and oxygen atoms in total. The summed E-state index contributed by atoms with van der Waals surface area (Å²) in [5.41, 5.74) is 1.33. The second kappa shape index (κ2) is 8.21. The number of hydrogen-bond donors (Lipinski definition) is 1. The summed E-state index contributed by atoms with van der Waals surface area (Å²) in [7, 11) is -3.47. The van der Waals surface area contributed by atoms with Crippen molar-refractivity contribution in [3.63, 3.8) is 0 Å². The summed E-state index contributed by atoms with van der Waals surface area (Å²) in [5.74, 6) is -0.0952. The van der Waals surface area contributed by atoms with Crippen molar-refractivity contribution in [3.8, 4) is 0 Å². The van der Waals surface area contributed by atoms with Crippen molar-refractivity contribution in [1.29, 1.82) is 0 Å². The number of benzene rings is 1. The molecule has 1 aliphatic carbocycles. The largest absolute Gasteiger partial charge is 0.353 e. The predicted molar refractivity (Wildman–Crippen MR) is 98.0 cm³/mol. The zero-order valence-electron chi connectivity index (χ0n) is 14.2. The number of carbonyl (C=O) groups excluding carboxylic acids is 1. The lowest BCUT2D eigenvalue weighted by molar-refractivity contribution is -0.121. The summed E-state index contributed by atoms with van der Waals surface area (Å²) in [6.07, 6.45) is 6.83. The smallest absolute Gasteiger partial charge is 0.232 e. The van der Waals surface area contributed by atoms with Crippen molar-refractivity contribution >= 4 is 33.2 Å². The zero-order chi connectivity index (χ0) is 17.7. The van der Waals surface area contributed by atoms with Gasteiger partial charge in [-0.05, 0) is 43.5 Å². The molecule has 0 heterocycles. The lowest BCUT2D eigenvalue weighted by atomic mass is 9.95. The van der Waals surface area contributed by atoms with E-state index in [2.05, 4.69) is 5.32 Å². The fraction of sp³-hybridized carbons (Fsp3) is 0.588. The minimum Gasteiger partial charge on any atom is -0.353 e. The molecule has 24 heavy (non-hydrogen) atoms. The quantitative estimate of drug-likeness (QED) is 0.833. The number of sulfonamides is 1. The van der Waals surface area contributed by atoms with E-state index >= 15 is 0 Å². The number of rotatable bonds is 6. The first-order chi connectivity index (χ1) is 11.3. The Balaban J connectivity index is 2.03. The van der Waals surface area contributed by atoms with Gasteiger partial charge in [0.2, 0.25) is 15.9 Å². The Kier molecular flexibility index (Phi) is 6.52. The fourth-order valence-electron chi connectivity index (χ4n) is 3.11. The van der Waals surface area contributed by atoms with Crippen LogP contribution in [-0.4, -0.2) is 33.2 Å². The maximum Gasteiger partial charge on any atom is 0.232 e. The van der Waals surface area contributed by atoms with Gasteiger partial charge in [0, 0.05) is 24.0 Å². The molecule has 7 heteroatoms. The topological polar surface area (TPSA) is 66.5 Å². The van der Waals surface area contributed by atoms with Crippen molar-refractivity contribution in [2.45, 2.75) is 51.5 Å². The van der Waals surface area contributed by atoms with Crippen LogP contribution in [-0.2, 0) is 14.8 Å². The highest BCUT2D eigenvalue weighted by atomic mass is 35.5. The number of anilines is 1. The lowest BCUT2D eigenvalue weighted by Crippen LogP contribution is -2.39. The maximum absolute atomic E-state index is 12.2. The molecule has 0 aliphatic heterocycles. The lowest BCUT2D eigenvalue weighted by Gasteiger charge is -2.26. The van der Waals surface area contributed by atoms with Crippen LogP contribution in [0.1, 0.15) is 44.1 Å². The van der Waals surface area contributed by atoms with Gasteiger partial charge in [0.25, 0.3) is 0 Å². The average molecular weight is 373 g/mol. The van der Waals surface area contributed by atoms with Crippen LogP contribution in [0, 0.1) is 6.92 Å². The Bertz CT molecular complexity index is 685. The van der Waals surface area contributed by atoms with Gasteiger partial charge in [-0.25, -0.2) is 8.42 Å². The molecular weight excluding hydrogens is 348 g/mol. The van der Waals surface area contributed by atoms with E-state index in [0.717, 1.165) is 37.5 Å². The van der Waals surface area contributed by atoms with E-state index in [1.807, 2.05) is 6.92 Å². The molecule has 1 aromatic rings. The van der Waals surface area contributed by atoms with Gasteiger partial charge in [-0.1, -0.05) is 30.9 Å². The van der Waals surface area contributed by atoms with Crippen LogP contribution >= 0.6 is 11.6 Å². The number of nitrogens with zero attached hydrogens (tertiary/aromatic N) is 1. The van der Waals surface area contributed by atoms with E-state index in [1.54, 1.807) is 18.2 Å². The molecular formula is C17H25ClN2O3S. The molecule has 0 spiro atoms. The van der Waals surface area contributed by atoms with Crippen molar-refractivity contribution in [2.75, 3.05) is 17.1 Å². The Morgan fingerprint density at radius 3 is 2.54 bits per heavy atom. The highest BCUT2D eigenvalue weighted by Gasteiger charge is 2.21. The Morgan fingerprint density at radius 2 is 1.96 bits per heavy atom. The third-order valence-electron chi connectivity index (χ3n) is 4.34. The Labute approximate surface area is 149 Å². The molecule has 1 saturated carbocycles. The van der Waals surface area contributed by atoms with Crippen LogP contribution in [0.3, 0.4) is 0 Å². The average Bonchev–Trinajstić information content (AvgIpc) is 2.49. The summed E-state index contributed by atoms with van der Waals surface area (Å²) in [6.45, 7) is 1.93. The van der Waals surface area contributed by atoms with Gasteiger partial charge in [0.1, 0.15) is 0 Å². The molecule has 1 aliphatic rings. The van der Waals surface area contributed by atoms with Gasteiger partial charge in [-0.15, -0.1) is 0 Å². The van der Waals surface area contributed by atoms with Crippen LogP contribution in [0.25, 0.3) is 0 Å². The summed E-state index contributed by atoms with van der Waals surface area (Å²) < 4.78 is 25.5. The molecule has 2 rings (SSSR count). The molecule has 0 saturated heterocycles. The van der Waals surface area contributed by atoms with Crippen LogP contribution in [0.4, 0.5) is 5.69 Å². The predicted octanol–water partition coefficient (Wildman–Crippen LogP) is 3.25. The number of hydrogen-bond acceptors (Lipinski definition) is 3. The third-order valence-corrected chi connectivity index (χ3v) is 5.76. The van der Waals surface area contributed by atoms with Crippen molar-refractivity contribution in [2.24, 2.45) is 0 Å². The van der Waals surface area contributed by atoms with Gasteiger partial charge >= 0.3 is 0 Å². The minimum absolute atomic E-state index is 0.0952. The highest BCUT2D eigenvalue weighted by molar-refractivity contribution is 7.92. The van der Waals surface area contributed by atoms with Crippen LogP contribution in [0.15, 0.2) is 18.2 Å². The van der Waals surface area contributed by atoms with E-state index < -0.39 is 10.0 Å². The SMILES string of the molecule is Cc1cc(Cl)ccc1N(CCC(=O)NC1CCCCC1)S(C)(=O)=O.